The van der Waals surface area contributed by atoms with Gasteiger partial charge in [0.15, 0.2) is 11.5 Å². The van der Waals surface area contributed by atoms with E-state index in [2.05, 4.69) is 0 Å². The molecule has 5 unspecified atom stereocenters. The van der Waals surface area contributed by atoms with Crippen molar-refractivity contribution >= 4 is 17.3 Å². The molecule has 12 heteroatoms. The minimum atomic E-state index is -2.05. The summed E-state index contributed by atoms with van der Waals surface area (Å²) in [5.41, 5.74) is -6.65. The van der Waals surface area contributed by atoms with E-state index in [-0.39, 0.29) is 24.4 Å². The van der Waals surface area contributed by atoms with E-state index in [0.717, 1.165) is 11.6 Å². The number of ether oxygens (including phenoxy) is 2. The Morgan fingerprint density at radius 3 is 2.21 bits per heavy atom. The molecule has 0 aromatic heterocycles. The molecule has 268 valence electrons. The predicted octanol–water partition coefficient (Wildman–Crippen LogP) is 0.878. The molecule has 1 heterocycles. The topological polar surface area (TPSA) is 211 Å². The number of carbonyl (C=O) groups excluding carboxylic acids is 3. The van der Waals surface area contributed by atoms with Crippen LogP contribution in [0.2, 0.25) is 0 Å². The monoisotopic (exact) mass is 676 g/mol. The third-order valence-electron chi connectivity index (χ3n) is 12.9. The van der Waals surface area contributed by atoms with E-state index in [4.69, 9.17) is 9.47 Å². The minimum Gasteiger partial charge on any atom is -0.459 e. The minimum absolute atomic E-state index is 0.0637. The van der Waals surface area contributed by atoms with Gasteiger partial charge in [-0.25, -0.2) is 0 Å². The Kier molecular flexibility index (Phi) is 8.96. The molecule has 0 radical (unpaired) electrons. The fourth-order valence-corrected chi connectivity index (χ4v) is 9.94. The number of allylic oxidation sites excluding steroid dienone is 4. The number of hydrogen-bond donors (Lipinski definition) is 7. The van der Waals surface area contributed by atoms with E-state index in [0.29, 0.717) is 6.42 Å². The Balaban J connectivity index is 1.55. The maximum atomic E-state index is 14.7. The van der Waals surface area contributed by atoms with Crippen molar-refractivity contribution in [2.24, 2.45) is 39.4 Å². The van der Waals surface area contributed by atoms with Crippen molar-refractivity contribution < 1.29 is 59.6 Å². The predicted molar refractivity (Wildman–Crippen MR) is 171 cm³/mol. The normalized spacial score (nSPS) is 45.4. The van der Waals surface area contributed by atoms with Crippen LogP contribution in [-0.2, 0) is 23.9 Å². The zero-order valence-corrected chi connectivity index (χ0v) is 29.0. The van der Waals surface area contributed by atoms with Crippen molar-refractivity contribution in [2.75, 3.05) is 6.61 Å². The fraction of sp³-hybridized carbons (Fsp3) is 0.750. The zero-order valence-electron chi connectivity index (χ0n) is 29.0. The molecule has 48 heavy (non-hydrogen) atoms. The van der Waals surface area contributed by atoms with E-state index in [9.17, 15) is 50.1 Å². The molecule has 1 aliphatic heterocycles. The molecule has 3 fully saturated rings. The summed E-state index contributed by atoms with van der Waals surface area (Å²) in [6.07, 6.45) is -2.56. The van der Waals surface area contributed by atoms with Crippen molar-refractivity contribution in [3.8, 4) is 0 Å². The molecule has 0 bridgehead atoms. The molecular formula is C36H52O12. The smallest absolute Gasteiger partial charge is 0.229 e. The van der Waals surface area contributed by atoms with E-state index in [1.165, 1.54) is 26.8 Å². The van der Waals surface area contributed by atoms with Gasteiger partial charge in [0.1, 0.15) is 35.8 Å². The highest BCUT2D eigenvalue weighted by Crippen LogP contribution is 2.73. The summed E-state index contributed by atoms with van der Waals surface area (Å²) < 4.78 is 11.5. The van der Waals surface area contributed by atoms with Gasteiger partial charge in [-0.05, 0) is 76.4 Å². The summed E-state index contributed by atoms with van der Waals surface area (Å²) in [5.74, 6) is -3.51. The number of hydrogen-bond acceptors (Lipinski definition) is 12. The van der Waals surface area contributed by atoms with Gasteiger partial charge in [0.05, 0.1) is 23.7 Å². The van der Waals surface area contributed by atoms with Crippen LogP contribution >= 0.6 is 0 Å². The number of carbonyl (C=O) groups is 3. The maximum Gasteiger partial charge on any atom is 0.229 e. The van der Waals surface area contributed by atoms with Gasteiger partial charge >= 0.3 is 0 Å². The van der Waals surface area contributed by atoms with Gasteiger partial charge in [0.25, 0.3) is 0 Å². The number of Topliss-reactive ketones (excluding diaryl/α,β-unsaturated/α-hetero) is 2. The molecule has 0 aromatic rings. The van der Waals surface area contributed by atoms with E-state index >= 15 is 0 Å². The molecule has 0 amide bonds. The summed E-state index contributed by atoms with van der Waals surface area (Å²) in [4.78, 5) is 41.9. The Bertz CT molecular complexity index is 1450. The summed E-state index contributed by atoms with van der Waals surface area (Å²) in [6.45, 7) is 12.8. The first kappa shape index (κ1) is 37.0. The number of fused-ring (bicyclic) bond motifs is 5. The van der Waals surface area contributed by atoms with Gasteiger partial charge in [-0.3, -0.25) is 14.4 Å². The highest BCUT2D eigenvalue weighted by Gasteiger charge is 2.74. The van der Waals surface area contributed by atoms with Gasteiger partial charge in [-0.2, -0.15) is 0 Å². The highest BCUT2D eigenvalue weighted by molar-refractivity contribution is 6.02. The SMILES string of the molecule is CC(C)(O)/C=C/C(=O)[C@](C)(O)C1[C@H](O)C[C@@]2(C)C3CC=C4C(C=C(O[C@@H]5OC(CO)[C@@H](O)C(O)[C@@H]5O)C(=O)C4(C)C)[C@]3(C)C(=O)C[C@]12C. The highest BCUT2D eigenvalue weighted by atomic mass is 16.7. The molecule has 12 nitrogen and oxygen atoms in total. The van der Waals surface area contributed by atoms with E-state index < -0.39 is 106 Å². The summed E-state index contributed by atoms with van der Waals surface area (Å²) >= 11 is 0. The summed E-state index contributed by atoms with van der Waals surface area (Å²) in [6, 6.07) is 0. The molecule has 7 N–H and O–H groups in total. The first-order valence-corrected chi connectivity index (χ1v) is 16.7. The quantitative estimate of drug-likeness (QED) is 0.148. The van der Waals surface area contributed by atoms with Crippen LogP contribution in [0, 0.1) is 39.4 Å². The lowest BCUT2D eigenvalue weighted by molar-refractivity contribution is -0.291. The van der Waals surface area contributed by atoms with Crippen LogP contribution < -0.4 is 0 Å². The van der Waals surface area contributed by atoms with Crippen molar-refractivity contribution in [3.63, 3.8) is 0 Å². The first-order chi connectivity index (χ1) is 21.9. The van der Waals surface area contributed by atoms with Crippen LogP contribution in [0.15, 0.2) is 35.6 Å². The molecule has 13 atom stereocenters. The van der Waals surface area contributed by atoms with E-state index in [1.807, 2.05) is 26.8 Å². The lowest BCUT2D eigenvalue weighted by Crippen LogP contribution is -2.64. The number of ketones is 3. The van der Waals surface area contributed by atoms with Crippen molar-refractivity contribution in [1.29, 1.82) is 0 Å². The molecular weight excluding hydrogens is 624 g/mol. The van der Waals surface area contributed by atoms with Crippen LogP contribution in [0.4, 0.5) is 0 Å². The molecule has 0 aromatic carbocycles. The first-order valence-electron chi connectivity index (χ1n) is 16.7. The lowest BCUT2D eigenvalue weighted by Gasteiger charge is -2.63. The molecule has 1 saturated heterocycles. The molecule has 4 aliphatic carbocycles. The Labute approximate surface area is 281 Å². The number of aliphatic hydroxyl groups excluding tert-OH is 5. The summed E-state index contributed by atoms with van der Waals surface area (Å²) in [7, 11) is 0. The van der Waals surface area contributed by atoms with Gasteiger partial charge in [0, 0.05) is 23.7 Å². The fourth-order valence-electron chi connectivity index (χ4n) is 9.94. The molecule has 0 spiro atoms. The second-order valence-corrected chi connectivity index (χ2v) is 16.7. The number of aliphatic hydroxyl groups is 7. The Hall–Kier alpha value is -2.29. The van der Waals surface area contributed by atoms with Crippen LogP contribution in [0.1, 0.15) is 74.7 Å². The second-order valence-electron chi connectivity index (χ2n) is 16.7. The molecule has 5 aliphatic rings. The Morgan fingerprint density at radius 2 is 1.62 bits per heavy atom. The maximum absolute atomic E-state index is 14.7. The zero-order chi connectivity index (χ0) is 36.2. The third kappa shape index (κ3) is 5.21. The average molecular weight is 677 g/mol. The standard InChI is InChI=1S/C36H52O12/c1-31(2,45)12-11-23(39)36(8,46)28-19(38)14-33(5)22-10-9-17-18(35(22,7)24(40)15-34(28,33)6)13-20(29(44)32(17,3)4)47-30-27(43)26(42)25(41)21(16-37)48-30/h9,11-13,18-19,21-22,25-28,30,37-38,41-43,45-46H,10,14-16H2,1-8H3/b12-11+/t18?,19-,21?,22?,25-,26?,27+,28?,30-,33+,34-,35+,36+/m1/s1. The van der Waals surface area contributed by atoms with Gasteiger partial charge < -0.3 is 45.2 Å². The van der Waals surface area contributed by atoms with Crippen molar-refractivity contribution in [2.45, 2.75) is 123 Å². The van der Waals surface area contributed by atoms with Crippen molar-refractivity contribution in [3.05, 3.63) is 35.6 Å². The van der Waals surface area contributed by atoms with Gasteiger partial charge in [-0.15, -0.1) is 0 Å². The average Bonchev–Trinajstić information content (AvgIpc) is 3.19. The van der Waals surface area contributed by atoms with Crippen molar-refractivity contribution in [1.82, 2.24) is 0 Å². The third-order valence-corrected chi connectivity index (χ3v) is 12.9. The van der Waals surface area contributed by atoms with Gasteiger partial charge in [-0.1, -0.05) is 38.5 Å². The summed E-state index contributed by atoms with van der Waals surface area (Å²) in [5, 5.41) is 74.4. The Morgan fingerprint density at radius 1 is 1.00 bits per heavy atom. The van der Waals surface area contributed by atoms with Crippen LogP contribution in [0.25, 0.3) is 0 Å². The van der Waals surface area contributed by atoms with E-state index in [1.54, 1.807) is 19.9 Å². The van der Waals surface area contributed by atoms with Crippen LogP contribution in [0.5, 0.6) is 0 Å². The molecule has 2 saturated carbocycles. The lowest BCUT2D eigenvalue weighted by atomic mass is 9.39. The number of rotatable bonds is 7. The van der Waals surface area contributed by atoms with Crippen LogP contribution in [-0.4, -0.2) is 108 Å². The van der Waals surface area contributed by atoms with Crippen LogP contribution in [0.3, 0.4) is 0 Å². The van der Waals surface area contributed by atoms with Gasteiger partial charge in [0.2, 0.25) is 12.1 Å². The largest absolute Gasteiger partial charge is 0.459 e. The molecule has 5 rings (SSSR count). The second kappa shape index (κ2) is 11.6.